The van der Waals surface area contributed by atoms with Crippen molar-refractivity contribution in [3.63, 3.8) is 0 Å². The van der Waals surface area contributed by atoms with Crippen LogP contribution in [-0.4, -0.2) is 22.3 Å². The van der Waals surface area contributed by atoms with Crippen molar-refractivity contribution in [2.45, 2.75) is 12.1 Å². The number of carboxylic acid groups (broad SMARTS) is 1. The predicted octanol–water partition coefficient (Wildman–Crippen LogP) is 0.554. The minimum Gasteiger partial charge on any atom is -0.479 e. The SMILES string of the molecule is Cl.N[C@H](c1ccccc1)[C@@H](O)C(=O)O. The summed E-state index contributed by atoms with van der Waals surface area (Å²) in [5.41, 5.74) is 6.12. The fourth-order valence-corrected chi connectivity index (χ4v) is 1.01. The van der Waals surface area contributed by atoms with Crippen LogP contribution in [0.5, 0.6) is 0 Å². The maximum absolute atomic E-state index is 10.4. The molecule has 78 valence electrons. The second-order valence-electron chi connectivity index (χ2n) is 2.72. The number of carboxylic acids is 1. The zero-order valence-electron chi connectivity index (χ0n) is 7.33. The molecule has 4 nitrogen and oxygen atoms in total. The Labute approximate surface area is 87.8 Å². The summed E-state index contributed by atoms with van der Waals surface area (Å²) in [5, 5.41) is 17.6. The van der Waals surface area contributed by atoms with Crippen LogP contribution in [-0.2, 0) is 4.79 Å². The van der Waals surface area contributed by atoms with E-state index in [1.807, 2.05) is 0 Å². The van der Waals surface area contributed by atoms with Crippen molar-refractivity contribution in [1.29, 1.82) is 0 Å². The number of aliphatic hydroxyl groups excluding tert-OH is 1. The molecule has 0 spiro atoms. The van der Waals surface area contributed by atoms with Gasteiger partial charge in [0.25, 0.3) is 0 Å². The Hall–Kier alpha value is -1.10. The van der Waals surface area contributed by atoms with Gasteiger partial charge in [-0.25, -0.2) is 4.79 Å². The largest absolute Gasteiger partial charge is 0.479 e. The van der Waals surface area contributed by atoms with Gasteiger partial charge in [0, 0.05) is 0 Å². The molecule has 0 heterocycles. The summed E-state index contributed by atoms with van der Waals surface area (Å²) in [6.07, 6.45) is -1.55. The first kappa shape index (κ1) is 12.9. The topological polar surface area (TPSA) is 83.5 Å². The fourth-order valence-electron chi connectivity index (χ4n) is 1.01. The van der Waals surface area contributed by atoms with E-state index in [0.29, 0.717) is 5.56 Å². The maximum atomic E-state index is 10.4. The highest BCUT2D eigenvalue weighted by molar-refractivity contribution is 5.85. The van der Waals surface area contributed by atoms with Crippen molar-refractivity contribution in [3.05, 3.63) is 35.9 Å². The van der Waals surface area contributed by atoms with E-state index >= 15 is 0 Å². The number of hydrogen-bond acceptors (Lipinski definition) is 3. The lowest BCUT2D eigenvalue weighted by Gasteiger charge is -2.14. The molecule has 0 unspecified atom stereocenters. The minimum absolute atomic E-state index is 0. The first-order valence-electron chi connectivity index (χ1n) is 3.84. The number of halogens is 1. The second kappa shape index (κ2) is 5.59. The molecule has 0 fully saturated rings. The Balaban J connectivity index is 0.00000169. The van der Waals surface area contributed by atoms with Crippen molar-refractivity contribution in [2.75, 3.05) is 0 Å². The van der Waals surface area contributed by atoms with Gasteiger partial charge >= 0.3 is 5.97 Å². The summed E-state index contributed by atoms with van der Waals surface area (Å²) in [7, 11) is 0. The summed E-state index contributed by atoms with van der Waals surface area (Å²) >= 11 is 0. The molecule has 4 N–H and O–H groups in total. The molecule has 5 heteroatoms. The Morgan fingerprint density at radius 2 is 1.79 bits per heavy atom. The van der Waals surface area contributed by atoms with Crippen LogP contribution >= 0.6 is 12.4 Å². The van der Waals surface area contributed by atoms with Crippen molar-refractivity contribution in [2.24, 2.45) is 5.73 Å². The van der Waals surface area contributed by atoms with Crippen LogP contribution in [0.25, 0.3) is 0 Å². The van der Waals surface area contributed by atoms with Gasteiger partial charge in [0.2, 0.25) is 0 Å². The molecule has 0 amide bonds. The Morgan fingerprint density at radius 3 is 2.21 bits per heavy atom. The monoisotopic (exact) mass is 217 g/mol. The van der Waals surface area contributed by atoms with E-state index in [0.717, 1.165) is 0 Å². The van der Waals surface area contributed by atoms with Crippen molar-refractivity contribution < 1.29 is 15.0 Å². The quantitative estimate of drug-likeness (QED) is 0.691. The first-order valence-corrected chi connectivity index (χ1v) is 3.84. The highest BCUT2D eigenvalue weighted by atomic mass is 35.5. The molecule has 14 heavy (non-hydrogen) atoms. The second-order valence-corrected chi connectivity index (χ2v) is 2.72. The standard InChI is InChI=1S/C9H11NO3.ClH/c10-7(8(11)9(12)13)6-4-2-1-3-5-6;/h1-5,7-8,11H,10H2,(H,12,13);1H/t7-,8-;/m1./s1. The van der Waals surface area contributed by atoms with E-state index in [2.05, 4.69) is 0 Å². The molecule has 1 rings (SSSR count). The van der Waals surface area contributed by atoms with Crippen LogP contribution in [0.2, 0.25) is 0 Å². The van der Waals surface area contributed by atoms with Gasteiger partial charge in [0.15, 0.2) is 6.10 Å². The Morgan fingerprint density at radius 1 is 1.29 bits per heavy atom. The van der Waals surface area contributed by atoms with Crippen molar-refractivity contribution >= 4 is 18.4 Å². The summed E-state index contributed by atoms with van der Waals surface area (Å²) in [4.78, 5) is 10.4. The minimum atomic E-state index is -1.55. The van der Waals surface area contributed by atoms with Crippen molar-refractivity contribution in [3.8, 4) is 0 Å². The highest BCUT2D eigenvalue weighted by Crippen LogP contribution is 2.13. The molecular weight excluding hydrogens is 206 g/mol. The Kier molecular flexibility index (Phi) is 5.15. The average Bonchev–Trinajstić information content (AvgIpc) is 2.17. The lowest BCUT2D eigenvalue weighted by Crippen LogP contribution is -2.33. The molecular formula is C9H12ClNO3. The average molecular weight is 218 g/mol. The number of carbonyl (C=O) groups is 1. The number of aliphatic hydroxyl groups is 1. The van der Waals surface area contributed by atoms with Crippen LogP contribution < -0.4 is 5.73 Å². The van der Waals surface area contributed by atoms with E-state index < -0.39 is 18.1 Å². The summed E-state index contributed by atoms with van der Waals surface area (Å²) in [6.45, 7) is 0. The molecule has 0 saturated carbocycles. The summed E-state index contributed by atoms with van der Waals surface area (Å²) in [6, 6.07) is 7.75. The molecule has 0 aliphatic heterocycles. The van der Waals surface area contributed by atoms with Crippen LogP contribution in [0.4, 0.5) is 0 Å². The molecule has 2 atom stereocenters. The molecule has 0 aliphatic rings. The number of benzene rings is 1. The zero-order chi connectivity index (χ0) is 9.84. The van der Waals surface area contributed by atoms with Gasteiger partial charge in [-0.3, -0.25) is 0 Å². The third-order valence-electron chi connectivity index (χ3n) is 1.78. The van der Waals surface area contributed by atoms with Crippen LogP contribution in [0, 0.1) is 0 Å². The predicted molar refractivity (Wildman–Crippen MR) is 54.3 cm³/mol. The maximum Gasteiger partial charge on any atom is 0.334 e. The molecule has 0 saturated heterocycles. The van der Waals surface area contributed by atoms with E-state index in [-0.39, 0.29) is 12.4 Å². The fraction of sp³-hybridized carbons (Fsp3) is 0.222. The zero-order valence-corrected chi connectivity index (χ0v) is 8.15. The molecule has 1 aromatic rings. The van der Waals surface area contributed by atoms with Gasteiger partial charge in [-0.1, -0.05) is 30.3 Å². The number of hydrogen-bond donors (Lipinski definition) is 3. The summed E-state index contributed by atoms with van der Waals surface area (Å²) in [5.74, 6) is -1.31. The molecule has 0 radical (unpaired) electrons. The number of rotatable bonds is 3. The van der Waals surface area contributed by atoms with Crippen molar-refractivity contribution in [1.82, 2.24) is 0 Å². The number of nitrogens with two attached hydrogens (primary N) is 1. The van der Waals surface area contributed by atoms with Gasteiger partial charge < -0.3 is 15.9 Å². The van der Waals surface area contributed by atoms with Gasteiger partial charge in [0.05, 0.1) is 6.04 Å². The smallest absolute Gasteiger partial charge is 0.334 e. The summed E-state index contributed by atoms with van der Waals surface area (Å²) < 4.78 is 0. The third kappa shape index (κ3) is 2.99. The van der Waals surface area contributed by atoms with E-state index in [4.69, 9.17) is 15.9 Å². The van der Waals surface area contributed by atoms with E-state index in [9.17, 15) is 4.79 Å². The van der Waals surface area contributed by atoms with Gasteiger partial charge in [0.1, 0.15) is 0 Å². The molecule has 0 aliphatic carbocycles. The normalized spacial score (nSPS) is 13.9. The first-order chi connectivity index (χ1) is 6.13. The van der Waals surface area contributed by atoms with E-state index in [1.54, 1.807) is 30.3 Å². The molecule has 0 bridgehead atoms. The van der Waals surface area contributed by atoms with Crippen LogP contribution in [0.1, 0.15) is 11.6 Å². The molecule has 0 aromatic heterocycles. The lowest BCUT2D eigenvalue weighted by atomic mass is 10.0. The van der Waals surface area contributed by atoms with E-state index in [1.165, 1.54) is 0 Å². The highest BCUT2D eigenvalue weighted by Gasteiger charge is 2.22. The third-order valence-corrected chi connectivity index (χ3v) is 1.78. The van der Waals surface area contributed by atoms with Gasteiger partial charge in [-0.05, 0) is 5.56 Å². The lowest BCUT2D eigenvalue weighted by molar-refractivity contribution is -0.147. The van der Waals surface area contributed by atoms with Gasteiger partial charge in [-0.2, -0.15) is 0 Å². The van der Waals surface area contributed by atoms with Crippen LogP contribution in [0.3, 0.4) is 0 Å². The van der Waals surface area contributed by atoms with Gasteiger partial charge in [-0.15, -0.1) is 12.4 Å². The Bertz CT molecular complexity index is 291. The number of aliphatic carboxylic acids is 1. The molecule has 1 aromatic carbocycles. The van der Waals surface area contributed by atoms with Crippen LogP contribution in [0.15, 0.2) is 30.3 Å².